The third-order valence-electron chi connectivity index (χ3n) is 2.87. The molecular weight excluding hydrogens is 288 g/mol. The fourth-order valence-corrected chi connectivity index (χ4v) is 2.62. The van der Waals surface area contributed by atoms with Crippen LogP contribution in [0.2, 0.25) is 0 Å². The molecule has 0 aliphatic heterocycles. The first kappa shape index (κ1) is 15.5. The Balaban J connectivity index is 1.90. The van der Waals surface area contributed by atoms with Crippen LogP contribution in [0.15, 0.2) is 29.6 Å². The molecule has 0 fully saturated rings. The number of carbonyl (C=O) groups is 1. The minimum Gasteiger partial charge on any atom is -0.497 e. The minimum atomic E-state index is -0.107. The zero-order chi connectivity index (χ0) is 15.1. The van der Waals surface area contributed by atoms with Crippen LogP contribution in [0.4, 0.5) is 0 Å². The third kappa shape index (κ3) is 4.54. The van der Waals surface area contributed by atoms with Crippen LogP contribution in [0.5, 0.6) is 5.75 Å². The number of hydrogen-bond donors (Lipinski definition) is 1. The summed E-state index contributed by atoms with van der Waals surface area (Å²) in [6.45, 7) is 0.659. The Morgan fingerprint density at radius 3 is 2.71 bits per heavy atom. The van der Waals surface area contributed by atoms with Gasteiger partial charge < -0.3 is 14.8 Å². The molecule has 0 bridgehead atoms. The first-order valence-corrected chi connectivity index (χ1v) is 7.45. The number of ether oxygens (including phenoxy) is 2. The van der Waals surface area contributed by atoms with Gasteiger partial charge in [0, 0.05) is 31.0 Å². The molecule has 0 radical (unpaired) electrons. The van der Waals surface area contributed by atoms with Gasteiger partial charge in [-0.15, -0.1) is 11.3 Å². The number of aromatic nitrogens is 1. The summed E-state index contributed by atoms with van der Waals surface area (Å²) in [7, 11) is 3.15. The van der Waals surface area contributed by atoms with Crippen molar-refractivity contribution in [1.29, 1.82) is 0 Å². The van der Waals surface area contributed by atoms with Gasteiger partial charge in [0.25, 0.3) is 0 Å². The molecule has 1 aromatic carbocycles. The molecule has 0 spiro atoms. The molecular formula is C15H18N2O3S. The van der Waals surface area contributed by atoms with Crippen molar-refractivity contribution < 1.29 is 14.3 Å². The van der Waals surface area contributed by atoms with Crippen molar-refractivity contribution in [2.45, 2.75) is 6.42 Å². The lowest BCUT2D eigenvalue weighted by molar-refractivity contribution is -0.124. The van der Waals surface area contributed by atoms with Crippen LogP contribution in [0.3, 0.4) is 0 Å². The Bertz CT molecular complexity index is 581. The summed E-state index contributed by atoms with van der Waals surface area (Å²) in [5.41, 5.74) is 2.00. The van der Waals surface area contributed by atoms with Crippen molar-refractivity contribution in [2.24, 2.45) is 0 Å². The summed E-state index contributed by atoms with van der Waals surface area (Å²) in [5, 5.41) is 5.80. The highest BCUT2D eigenvalue weighted by molar-refractivity contribution is 7.09. The molecule has 2 aromatic rings. The van der Waals surface area contributed by atoms with Gasteiger partial charge >= 0.3 is 0 Å². The van der Waals surface area contributed by atoms with Gasteiger partial charge in [0.15, 0.2) is 0 Å². The highest BCUT2D eigenvalue weighted by Gasteiger charge is 2.06. The summed E-state index contributed by atoms with van der Waals surface area (Å²) in [5.74, 6) is 0.722. The van der Waals surface area contributed by atoms with Crippen molar-refractivity contribution in [2.75, 3.05) is 27.4 Å². The molecule has 0 aliphatic rings. The second kappa shape index (κ2) is 7.75. The average Bonchev–Trinajstić information content (AvgIpc) is 2.96. The van der Waals surface area contributed by atoms with Crippen LogP contribution >= 0.6 is 11.3 Å². The lowest BCUT2D eigenvalue weighted by atomic mass is 10.2. The number of nitrogens with one attached hydrogen (secondary N) is 1. The molecule has 5 nitrogen and oxygen atoms in total. The molecule has 2 rings (SSSR count). The summed E-state index contributed by atoms with van der Waals surface area (Å²) in [6, 6.07) is 7.80. The van der Waals surface area contributed by atoms with Crippen LogP contribution in [-0.4, -0.2) is 38.3 Å². The van der Waals surface area contributed by atoms with E-state index in [0.717, 1.165) is 28.4 Å². The topological polar surface area (TPSA) is 60.5 Å². The van der Waals surface area contributed by atoms with Gasteiger partial charge in [-0.3, -0.25) is 4.79 Å². The molecule has 1 heterocycles. The lowest BCUT2D eigenvalue weighted by Crippen LogP contribution is -2.28. The lowest BCUT2D eigenvalue weighted by Gasteiger charge is -2.02. The molecule has 0 aliphatic carbocycles. The van der Waals surface area contributed by atoms with E-state index in [1.165, 1.54) is 7.11 Å². The number of rotatable bonds is 7. The molecule has 112 valence electrons. The standard InChI is InChI=1S/C15H18N2O3S/c1-19-9-14(18)16-8-7-15-17-13(10-21-15)11-3-5-12(20-2)6-4-11/h3-6,10H,7-9H2,1-2H3,(H,16,18). The van der Waals surface area contributed by atoms with E-state index in [0.29, 0.717) is 6.54 Å². The van der Waals surface area contributed by atoms with Gasteiger partial charge in [-0.05, 0) is 24.3 Å². The maximum atomic E-state index is 11.3. The fraction of sp³-hybridized carbons (Fsp3) is 0.333. The Kier molecular flexibility index (Phi) is 5.71. The van der Waals surface area contributed by atoms with Crippen molar-refractivity contribution in [3.8, 4) is 17.0 Å². The highest BCUT2D eigenvalue weighted by Crippen LogP contribution is 2.24. The Labute approximate surface area is 127 Å². The number of amides is 1. The number of thiazole rings is 1. The van der Waals surface area contributed by atoms with E-state index in [4.69, 9.17) is 9.47 Å². The van der Waals surface area contributed by atoms with Crippen LogP contribution in [0.25, 0.3) is 11.3 Å². The average molecular weight is 306 g/mol. The highest BCUT2D eigenvalue weighted by atomic mass is 32.1. The molecule has 0 saturated heterocycles. The summed E-state index contributed by atoms with van der Waals surface area (Å²) in [6.07, 6.45) is 0.719. The molecule has 0 saturated carbocycles. The van der Waals surface area contributed by atoms with Crippen molar-refractivity contribution in [1.82, 2.24) is 10.3 Å². The van der Waals surface area contributed by atoms with Crippen LogP contribution in [0.1, 0.15) is 5.01 Å². The predicted molar refractivity (Wildman–Crippen MR) is 82.7 cm³/mol. The minimum absolute atomic E-state index is 0.0922. The van der Waals surface area contributed by atoms with Gasteiger partial charge in [-0.25, -0.2) is 4.98 Å². The van der Waals surface area contributed by atoms with E-state index in [1.807, 2.05) is 29.6 Å². The first-order chi connectivity index (χ1) is 10.2. The number of benzene rings is 1. The number of carbonyl (C=O) groups excluding carboxylic acids is 1. The van der Waals surface area contributed by atoms with Gasteiger partial charge in [0.2, 0.25) is 5.91 Å². The van der Waals surface area contributed by atoms with E-state index < -0.39 is 0 Å². The largest absolute Gasteiger partial charge is 0.497 e. The monoisotopic (exact) mass is 306 g/mol. The Hall–Kier alpha value is -1.92. The second-order valence-corrected chi connectivity index (χ2v) is 5.33. The fourth-order valence-electron chi connectivity index (χ4n) is 1.81. The van der Waals surface area contributed by atoms with Crippen LogP contribution < -0.4 is 10.1 Å². The Morgan fingerprint density at radius 1 is 1.29 bits per heavy atom. The molecule has 6 heteroatoms. The second-order valence-electron chi connectivity index (χ2n) is 4.39. The zero-order valence-electron chi connectivity index (χ0n) is 12.1. The predicted octanol–water partition coefficient (Wildman–Crippen LogP) is 2.12. The van der Waals surface area contributed by atoms with E-state index in [2.05, 4.69) is 10.3 Å². The van der Waals surface area contributed by atoms with Gasteiger partial charge in [-0.1, -0.05) is 0 Å². The zero-order valence-corrected chi connectivity index (χ0v) is 12.9. The number of hydrogen-bond acceptors (Lipinski definition) is 5. The van der Waals surface area contributed by atoms with Crippen LogP contribution in [0, 0.1) is 0 Å². The molecule has 1 amide bonds. The summed E-state index contributed by atoms with van der Waals surface area (Å²) in [4.78, 5) is 15.8. The number of nitrogens with zero attached hydrogens (tertiary/aromatic N) is 1. The SMILES string of the molecule is COCC(=O)NCCc1nc(-c2ccc(OC)cc2)cs1. The van der Waals surface area contributed by atoms with E-state index in [-0.39, 0.29) is 12.5 Å². The van der Waals surface area contributed by atoms with E-state index in [1.54, 1.807) is 18.4 Å². The molecule has 0 unspecified atom stereocenters. The van der Waals surface area contributed by atoms with Crippen LogP contribution in [-0.2, 0) is 16.0 Å². The van der Waals surface area contributed by atoms with Gasteiger partial charge in [0.05, 0.1) is 17.8 Å². The van der Waals surface area contributed by atoms with Crippen molar-refractivity contribution in [3.05, 3.63) is 34.7 Å². The maximum absolute atomic E-state index is 11.3. The molecule has 21 heavy (non-hydrogen) atoms. The maximum Gasteiger partial charge on any atom is 0.245 e. The van der Waals surface area contributed by atoms with E-state index in [9.17, 15) is 4.79 Å². The van der Waals surface area contributed by atoms with Gasteiger partial charge in [-0.2, -0.15) is 0 Å². The van der Waals surface area contributed by atoms with Crippen molar-refractivity contribution >= 4 is 17.2 Å². The summed E-state index contributed by atoms with van der Waals surface area (Å²) >= 11 is 1.59. The molecule has 0 atom stereocenters. The smallest absolute Gasteiger partial charge is 0.245 e. The normalized spacial score (nSPS) is 10.4. The first-order valence-electron chi connectivity index (χ1n) is 6.57. The molecule has 1 aromatic heterocycles. The number of methoxy groups -OCH3 is 2. The quantitative estimate of drug-likeness (QED) is 0.851. The van der Waals surface area contributed by atoms with E-state index >= 15 is 0 Å². The Morgan fingerprint density at radius 2 is 2.05 bits per heavy atom. The summed E-state index contributed by atoms with van der Waals surface area (Å²) < 4.78 is 9.89. The molecule has 1 N–H and O–H groups in total. The van der Waals surface area contributed by atoms with Crippen molar-refractivity contribution in [3.63, 3.8) is 0 Å². The third-order valence-corrected chi connectivity index (χ3v) is 3.78. The van der Waals surface area contributed by atoms with Gasteiger partial charge in [0.1, 0.15) is 12.4 Å².